The first-order valence-corrected chi connectivity index (χ1v) is 6.45. The number of aromatic nitrogens is 1. The first kappa shape index (κ1) is 11.4. The lowest BCUT2D eigenvalue weighted by Gasteiger charge is -2.23. The first-order chi connectivity index (χ1) is 7.83. The van der Waals surface area contributed by atoms with Gasteiger partial charge in [0.25, 0.3) is 0 Å². The van der Waals surface area contributed by atoms with Crippen LogP contribution in [0, 0.1) is 5.92 Å². The molecule has 2 atom stereocenters. The molecule has 0 aromatic carbocycles. The Balaban J connectivity index is 2.26. The SMILES string of the molecule is CNc1ncccc1C1CCCCCC1C. The Labute approximate surface area is 98.5 Å². The summed E-state index contributed by atoms with van der Waals surface area (Å²) in [5, 5.41) is 3.22. The molecule has 1 fully saturated rings. The van der Waals surface area contributed by atoms with E-state index in [1.165, 1.54) is 37.7 Å². The van der Waals surface area contributed by atoms with Crippen LogP contribution in [0.15, 0.2) is 18.3 Å². The van der Waals surface area contributed by atoms with Gasteiger partial charge in [-0.1, -0.05) is 38.7 Å². The zero-order valence-corrected chi connectivity index (χ0v) is 10.4. The lowest BCUT2D eigenvalue weighted by Crippen LogP contribution is -2.11. The van der Waals surface area contributed by atoms with Crippen LogP contribution in [0.1, 0.15) is 50.5 Å². The minimum absolute atomic E-state index is 0.693. The molecule has 1 heterocycles. The molecule has 2 rings (SSSR count). The maximum Gasteiger partial charge on any atom is 0.129 e. The molecule has 1 N–H and O–H groups in total. The largest absolute Gasteiger partial charge is 0.373 e. The Morgan fingerprint density at radius 2 is 2.06 bits per heavy atom. The van der Waals surface area contributed by atoms with E-state index in [4.69, 9.17) is 0 Å². The number of nitrogens with zero attached hydrogens (tertiary/aromatic N) is 1. The van der Waals surface area contributed by atoms with Gasteiger partial charge in [-0.15, -0.1) is 0 Å². The fourth-order valence-electron chi connectivity index (χ4n) is 2.88. The van der Waals surface area contributed by atoms with Gasteiger partial charge in [-0.3, -0.25) is 0 Å². The maximum absolute atomic E-state index is 4.43. The third-order valence-electron chi connectivity index (χ3n) is 3.84. The summed E-state index contributed by atoms with van der Waals surface area (Å²) in [5.74, 6) is 2.55. The van der Waals surface area contributed by atoms with Crippen LogP contribution < -0.4 is 5.32 Å². The van der Waals surface area contributed by atoms with Gasteiger partial charge < -0.3 is 5.32 Å². The van der Waals surface area contributed by atoms with Crippen molar-refractivity contribution in [2.45, 2.75) is 44.9 Å². The molecule has 0 saturated heterocycles. The van der Waals surface area contributed by atoms with E-state index < -0.39 is 0 Å². The second kappa shape index (κ2) is 5.33. The van der Waals surface area contributed by atoms with Gasteiger partial charge in [0.2, 0.25) is 0 Å². The lowest BCUT2D eigenvalue weighted by molar-refractivity contribution is 0.434. The Hall–Kier alpha value is -1.05. The zero-order valence-electron chi connectivity index (χ0n) is 10.4. The van der Waals surface area contributed by atoms with E-state index in [0.717, 1.165) is 11.7 Å². The molecule has 88 valence electrons. The van der Waals surface area contributed by atoms with E-state index in [1.807, 2.05) is 13.2 Å². The highest BCUT2D eigenvalue weighted by atomic mass is 15.0. The van der Waals surface area contributed by atoms with E-state index in [2.05, 4.69) is 29.4 Å². The first-order valence-electron chi connectivity index (χ1n) is 6.45. The van der Waals surface area contributed by atoms with E-state index in [9.17, 15) is 0 Å². The second-order valence-electron chi connectivity index (χ2n) is 4.91. The average molecular weight is 218 g/mol. The van der Waals surface area contributed by atoms with Gasteiger partial charge in [0, 0.05) is 13.2 Å². The van der Waals surface area contributed by atoms with Crippen LogP contribution in [0.5, 0.6) is 0 Å². The van der Waals surface area contributed by atoms with Crippen molar-refractivity contribution in [3.05, 3.63) is 23.9 Å². The van der Waals surface area contributed by atoms with Gasteiger partial charge in [0.05, 0.1) is 0 Å². The summed E-state index contributed by atoms with van der Waals surface area (Å²) >= 11 is 0. The zero-order chi connectivity index (χ0) is 11.4. The molecular formula is C14H22N2. The highest BCUT2D eigenvalue weighted by Gasteiger charge is 2.23. The highest BCUT2D eigenvalue weighted by Crippen LogP contribution is 2.38. The number of hydrogen-bond donors (Lipinski definition) is 1. The Bertz CT molecular complexity index is 335. The van der Waals surface area contributed by atoms with Gasteiger partial charge in [-0.2, -0.15) is 0 Å². The summed E-state index contributed by atoms with van der Waals surface area (Å²) in [6.07, 6.45) is 8.72. The molecule has 2 nitrogen and oxygen atoms in total. The molecule has 0 bridgehead atoms. The molecule has 1 aromatic heterocycles. The monoisotopic (exact) mass is 218 g/mol. The number of hydrogen-bond acceptors (Lipinski definition) is 2. The van der Waals surface area contributed by atoms with Crippen LogP contribution in [-0.2, 0) is 0 Å². The number of nitrogens with one attached hydrogen (secondary N) is 1. The highest BCUT2D eigenvalue weighted by molar-refractivity contribution is 5.45. The molecule has 1 aliphatic carbocycles. The average Bonchev–Trinajstić information content (AvgIpc) is 2.54. The Kier molecular flexibility index (Phi) is 3.81. The minimum Gasteiger partial charge on any atom is -0.373 e. The van der Waals surface area contributed by atoms with Gasteiger partial charge >= 0.3 is 0 Å². The predicted molar refractivity (Wildman–Crippen MR) is 68.8 cm³/mol. The number of pyridine rings is 1. The quantitative estimate of drug-likeness (QED) is 0.764. The third-order valence-corrected chi connectivity index (χ3v) is 3.84. The molecule has 0 amide bonds. The molecule has 16 heavy (non-hydrogen) atoms. The van der Waals surface area contributed by atoms with Crippen LogP contribution in [0.3, 0.4) is 0 Å². The summed E-state index contributed by atoms with van der Waals surface area (Å²) in [7, 11) is 1.97. The van der Waals surface area contributed by atoms with Crippen LogP contribution in [0.25, 0.3) is 0 Å². The fraction of sp³-hybridized carbons (Fsp3) is 0.643. The van der Waals surface area contributed by atoms with E-state index in [0.29, 0.717) is 5.92 Å². The van der Waals surface area contributed by atoms with Crippen LogP contribution in [-0.4, -0.2) is 12.0 Å². The van der Waals surface area contributed by atoms with E-state index in [1.54, 1.807) is 0 Å². The van der Waals surface area contributed by atoms with Crippen molar-refractivity contribution in [3.8, 4) is 0 Å². The van der Waals surface area contributed by atoms with Crippen molar-refractivity contribution < 1.29 is 0 Å². The van der Waals surface area contributed by atoms with Crippen LogP contribution in [0.4, 0.5) is 5.82 Å². The van der Waals surface area contributed by atoms with Crippen molar-refractivity contribution in [1.82, 2.24) is 4.98 Å². The fourth-order valence-corrected chi connectivity index (χ4v) is 2.88. The van der Waals surface area contributed by atoms with Gasteiger partial charge in [0.15, 0.2) is 0 Å². The third kappa shape index (κ3) is 2.37. The lowest BCUT2D eigenvalue weighted by atomic mass is 9.84. The van der Waals surface area contributed by atoms with Crippen LogP contribution >= 0.6 is 0 Å². The number of rotatable bonds is 2. The molecule has 1 aliphatic rings. The van der Waals surface area contributed by atoms with Crippen molar-refractivity contribution in [2.75, 3.05) is 12.4 Å². The Morgan fingerprint density at radius 1 is 1.25 bits per heavy atom. The summed E-state index contributed by atoms with van der Waals surface area (Å²) in [6, 6.07) is 4.30. The smallest absolute Gasteiger partial charge is 0.129 e. The summed E-state index contributed by atoms with van der Waals surface area (Å²) in [5.41, 5.74) is 1.42. The van der Waals surface area contributed by atoms with E-state index >= 15 is 0 Å². The molecule has 0 radical (unpaired) electrons. The predicted octanol–water partition coefficient (Wildman–Crippen LogP) is 3.81. The van der Waals surface area contributed by atoms with E-state index in [-0.39, 0.29) is 0 Å². The molecule has 0 spiro atoms. The minimum atomic E-state index is 0.693. The number of anilines is 1. The maximum atomic E-state index is 4.43. The van der Waals surface area contributed by atoms with Crippen molar-refractivity contribution in [1.29, 1.82) is 0 Å². The molecular weight excluding hydrogens is 196 g/mol. The molecule has 2 heteroatoms. The van der Waals surface area contributed by atoms with Gasteiger partial charge in [-0.25, -0.2) is 4.98 Å². The molecule has 0 aliphatic heterocycles. The second-order valence-corrected chi connectivity index (χ2v) is 4.91. The van der Waals surface area contributed by atoms with Crippen molar-refractivity contribution in [2.24, 2.45) is 5.92 Å². The molecule has 2 unspecified atom stereocenters. The summed E-state index contributed by atoms with van der Waals surface area (Å²) in [4.78, 5) is 4.43. The Morgan fingerprint density at radius 3 is 2.88 bits per heavy atom. The standard InChI is InChI=1S/C14H22N2/c1-11-7-4-3-5-8-12(11)13-9-6-10-16-14(13)15-2/h6,9-12H,3-5,7-8H2,1-2H3,(H,15,16). The van der Waals surface area contributed by atoms with Crippen molar-refractivity contribution in [3.63, 3.8) is 0 Å². The van der Waals surface area contributed by atoms with Crippen LogP contribution in [0.2, 0.25) is 0 Å². The topological polar surface area (TPSA) is 24.9 Å². The molecule has 1 saturated carbocycles. The van der Waals surface area contributed by atoms with Gasteiger partial charge in [0.1, 0.15) is 5.82 Å². The summed E-state index contributed by atoms with van der Waals surface area (Å²) < 4.78 is 0. The van der Waals surface area contributed by atoms with Crippen molar-refractivity contribution >= 4 is 5.82 Å². The molecule has 1 aromatic rings. The van der Waals surface area contributed by atoms with Gasteiger partial charge in [-0.05, 0) is 29.9 Å². The normalized spacial score (nSPS) is 26.1. The summed E-state index contributed by atoms with van der Waals surface area (Å²) in [6.45, 7) is 2.39.